The molecule has 0 saturated carbocycles. The van der Waals surface area contributed by atoms with Gasteiger partial charge in [0.1, 0.15) is 0 Å². The molecule has 0 saturated heterocycles. The van der Waals surface area contributed by atoms with Crippen molar-refractivity contribution in [3.63, 3.8) is 0 Å². The second kappa shape index (κ2) is 7.49. The van der Waals surface area contributed by atoms with E-state index in [4.69, 9.17) is 3.32 Å². The molecule has 0 unspecified atom stereocenters. The smallest absolute Gasteiger partial charge is 0.147 e. The van der Waals surface area contributed by atoms with Crippen molar-refractivity contribution in [3.8, 4) is 5.75 Å². The first kappa shape index (κ1) is 23.0. The van der Waals surface area contributed by atoms with Crippen LogP contribution in [0.5, 0.6) is 5.75 Å². The van der Waals surface area contributed by atoms with E-state index in [1.165, 1.54) is 11.1 Å². The van der Waals surface area contributed by atoms with Crippen LogP contribution in [0.1, 0.15) is 32.8 Å². The van der Waals surface area contributed by atoms with Gasteiger partial charge in [0.25, 0.3) is 0 Å². The summed E-state index contributed by atoms with van der Waals surface area (Å²) >= 11 is -3.01. The molecule has 0 atom stereocenters. The van der Waals surface area contributed by atoms with E-state index in [1.807, 2.05) is 0 Å². The van der Waals surface area contributed by atoms with Crippen LogP contribution in [0, 0.1) is 12.3 Å². The van der Waals surface area contributed by atoms with Crippen LogP contribution in [-0.4, -0.2) is 8.11 Å². The maximum absolute atomic E-state index is 6.74. The Morgan fingerprint density at radius 1 is 1.13 bits per heavy atom. The molecule has 0 spiro atoms. The van der Waals surface area contributed by atoms with Gasteiger partial charge in [-0.2, -0.15) is 0 Å². The molecule has 0 aromatic heterocycles. The Morgan fingerprint density at radius 3 is 2.26 bits per heavy atom. The largest absolute Gasteiger partial charge is 0.147 e. The molecule has 1 aromatic rings. The number of hydrogen-bond acceptors (Lipinski definition) is 1. The zero-order valence-corrected chi connectivity index (χ0v) is 20.6. The molecule has 23 heavy (non-hydrogen) atoms. The van der Waals surface area contributed by atoms with Gasteiger partial charge in [-0.05, 0) is 0 Å². The number of halogens is 2. The van der Waals surface area contributed by atoms with E-state index in [-0.39, 0.29) is 30.2 Å². The molecule has 131 valence electrons. The fourth-order valence-electron chi connectivity index (χ4n) is 3.17. The van der Waals surface area contributed by atoms with Gasteiger partial charge in [0, 0.05) is 0 Å². The topological polar surface area (TPSA) is 9.23 Å². The molecule has 0 bridgehead atoms. The molecule has 5 heteroatoms. The first-order chi connectivity index (χ1) is 9.47. The molecule has 1 aromatic carbocycles. The van der Waals surface area contributed by atoms with Gasteiger partial charge in [0.05, 0.1) is 0 Å². The average molecular weight is 410 g/mol. The van der Waals surface area contributed by atoms with Gasteiger partial charge in [-0.3, -0.25) is 0 Å². The van der Waals surface area contributed by atoms with Crippen LogP contribution in [0.15, 0.2) is 45.9 Å². The summed E-state index contributed by atoms with van der Waals surface area (Å²) in [5, 5.41) is 4.89. The first-order valence-electron chi connectivity index (χ1n) is 7.86. The quantitative estimate of drug-likeness (QED) is 0.602. The van der Waals surface area contributed by atoms with Crippen molar-refractivity contribution in [2.24, 2.45) is 5.41 Å². The van der Waals surface area contributed by atoms with E-state index in [0.29, 0.717) is 0 Å². The normalized spacial score (nSPS) is 16.3. The second-order valence-corrected chi connectivity index (χ2v) is 31.1. The van der Waals surface area contributed by atoms with E-state index >= 15 is 0 Å². The van der Waals surface area contributed by atoms with Crippen molar-refractivity contribution >= 4 is 32.9 Å². The number of benzene rings is 1. The molecule has 0 amide bonds. The fraction of sp³-hybridized carbons (Fsp3) is 0.444. The Hall–Kier alpha value is 0.0112. The maximum atomic E-state index is 6.74. The SMILES string of the molecule is Cc1cccc([O][Ti]([CH3])([CH3])([SiH3])[C]2=C(C(C)(C)C)C=CC2)c1.Cl.Cl. The number of hydrogen-bond donors (Lipinski definition) is 0. The van der Waals surface area contributed by atoms with Gasteiger partial charge in [0.2, 0.25) is 0 Å². The molecule has 0 aliphatic heterocycles. The van der Waals surface area contributed by atoms with E-state index in [2.05, 4.69) is 74.6 Å². The van der Waals surface area contributed by atoms with Crippen LogP contribution in [-0.2, 0) is 14.9 Å². The van der Waals surface area contributed by atoms with Crippen molar-refractivity contribution in [2.45, 2.75) is 44.6 Å². The summed E-state index contributed by atoms with van der Waals surface area (Å²) < 4.78 is 8.37. The maximum Gasteiger partial charge on any atom is -0.147 e. The molecule has 0 N–H and O–H groups in total. The molecule has 0 fully saturated rings. The predicted octanol–water partition coefficient (Wildman–Crippen LogP) is 5.46. The Morgan fingerprint density at radius 2 is 1.74 bits per heavy atom. The number of aryl methyl sites for hydroxylation is 1. The summed E-state index contributed by atoms with van der Waals surface area (Å²) in [6.07, 6.45) is 5.75. The predicted molar refractivity (Wildman–Crippen MR) is 108 cm³/mol. The van der Waals surface area contributed by atoms with E-state index in [9.17, 15) is 0 Å². The van der Waals surface area contributed by atoms with Crippen molar-refractivity contribution in [1.82, 2.24) is 0 Å². The standard InChI is InChI=1S/C9H13.C7H8O.2CH3.2ClH.H3Si.Ti/c1-9(2,3)8-6-4-5-7-8;1-6-3-2-4-7(8)5-6;;;;;;/h4,6H,5H2,1-3H3;2-5,8H,1H3;2*1H3;2*1H;1H3;/q;;;;;;;+1/p-1. The van der Waals surface area contributed by atoms with E-state index in [1.54, 1.807) is 3.88 Å². The van der Waals surface area contributed by atoms with E-state index < -0.39 is 14.9 Å². The van der Waals surface area contributed by atoms with Crippen LogP contribution in [0.3, 0.4) is 0 Å². The third kappa shape index (κ3) is 5.51. The van der Waals surface area contributed by atoms with Crippen LogP contribution >= 0.6 is 24.8 Å². The zero-order chi connectivity index (χ0) is 15.9. The van der Waals surface area contributed by atoms with Crippen molar-refractivity contribution in [1.29, 1.82) is 0 Å². The van der Waals surface area contributed by atoms with Gasteiger partial charge in [-0.25, -0.2) is 0 Å². The Kier molecular flexibility index (Phi) is 7.50. The zero-order valence-electron chi connectivity index (χ0n) is 15.4. The van der Waals surface area contributed by atoms with Crippen LogP contribution in [0.25, 0.3) is 0 Å². The van der Waals surface area contributed by atoms with Crippen molar-refractivity contribution < 1.29 is 18.3 Å². The third-order valence-electron chi connectivity index (χ3n) is 4.23. The van der Waals surface area contributed by atoms with Gasteiger partial charge in [-0.1, -0.05) is 0 Å². The number of rotatable bonds is 3. The molecule has 1 aliphatic rings. The molecule has 1 nitrogen and oxygen atoms in total. The molecular formula is C18H31Cl2OSiTi. The molecule has 1 aliphatic carbocycles. The summed E-state index contributed by atoms with van der Waals surface area (Å²) in [4.78, 5) is 0. The van der Waals surface area contributed by atoms with Crippen LogP contribution < -0.4 is 3.32 Å². The molecular weight excluding hydrogens is 379 g/mol. The van der Waals surface area contributed by atoms with Gasteiger partial charge in [-0.15, -0.1) is 24.8 Å². The van der Waals surface area contributed by atoms with Gasteiger partial charge >= 0.3 is 134 Å². The minimum atomic E-state index is -3.01. The van der Waals surface area contributed by atoms with Gasteiger partial charge < -0.3 is 0 Å². The minimum absolute atomic E-state index is 0. The van der Waals surface area contributed by atoms with Gasteiger partial charge in [0.15, 0.2) is 0 Å². The Labute approximate surface area is 157 Å². The molecule has 0 heterocycles. The second-order valence-electron chi connectivity index (χ2n) is 8.63. The van der Waals surface area contributed by atoms with Crippen molar-refractivity contribution in [2.75, 3.05) is 0 Å². The third-order valence-corrected chi connectivity index (χ3v) is 13.0. The summed E-state index contributed by atoms with van der Waals surface area (Å²) in [7, 11) is 1.13. The summed E-state index contributed by atoms with van der Waals surface area (Å²) in [6.45, 7) is 9.07. The van der Waals surface area contributed by atoms with E-state index in [0.717, 1.165) is 20.3 Å². The Balaban J connectivity index is 0.00000242. The number of allylic oxidation sites excluding steroid dienone is 4. The molecule has 0 radical (unpaired) electrons. The first-order valence-corrected chi connectivity index (χ1v) is 18.1. The summed E-state index contributed by atoms with van der Waals surface area (Å²) in [6, 6.07) is 8.51. The van der Waals surface area contributed by atoms with Crippen LogP contribution in [0.2, 0.25) is 10.5 Å². The van der Waals surface area contributed by atoms with Crippen LogP contribution in [0.4, 0.5) is 0 Å². The van der Waals surface area contributed by atoms with Crippen molar-refractivity contribution in [3.05, 3.63) is 51.4 Å². The summed E-state index contributed by atoms with van der Waals surface area (Å²) in [5.74, 6) is 1.06. The monoisotopic (exact) mass is 409 g/mol. The fourth-order valence-corrected chi connectivity index (χ4v) is 11.2. The minimum Gasteiger partial charge on any atom is -0.147 e. The Bertz CT molecular complexity index is 622. The molecule has 2 rings (SSSR count). The summed E-state index contributed by atoms with van der Waals surface area (Å²) in [5.41, 5.74) is 3.00. The average Bonchev–Trinajstić information content (AvgIpc) is 2.76.